The summed E-state index contributed by atoms with van der Waals surface area (Å²) in [6, 6.07) is 13.1. The standard InChI is InChI=1S/C18H20ClNO2/c1-4-17(22-14-10-8-12(2)9-11-14)18(21)20-16-7-5-6-15(19)13(16)3/h5-11,17H,4H2,1-3H3,(H,20,21)/t17-/m1/s1. The average molecular weight is 318 g/mol. The Bertz CT molecular complexity index is 653. The molecule has 0 heterocycles. The quantitative estimate of drug-likeness (QED) is 0.864. The summed E-state index contributed by atoms with van der Waals surface area (Å²) in [7, 11) is 0. The Labute approximate surface area is 136 Å². The fourth-order valence-electron chi connectivity index (χ4n) is 2.06. The summed E-state index contributed by atoms with van der Waals surface area (Å²) >= 11 is 6.07. The second-order valence-corrected chi connectivity index (χ2v) is 5.64. The first-order valence-electron chi connectivity index (χ1n) is 7.30. The van der Waals surface area contributed by atoms with Crippen LogP contribution < -0.4 is 10.1 Å². The van der Waals surface area contributed by atoms with Crippen molar-refractivity contribution in [3.05, 3.63) is 58.6 Å². The van der Waals surface area contributed by atoms with Crippen molar-refractivity contribution in [2.24, 2.45) is 0 Å². The predicted molar refractivity (Wildman–Crippen MR) is 90.7 cm³/mol. The molecule has 0 aliphatic heterocycles. The van der Waals surface area contributed by atoms with Crippen molar-refractivity contribution >= 4 is 23.2 Å². The van der Waals surface area contributed by atoms with Gasteiger partial charge in [0.15, 0.2) is 6.10 Å². The number of halogens is 1. The van der Waals surface area contributed by atoms with E-state index in [2.05, 4.69) is 5.32 Å². The number of hydrogen-bond acceptors (Lipinski definition) is 2. The predicted octanol–water partition coefficient (Wildman–Crippen LogP) is 4.75. The Morgan fingerprint density at radius 2 is 1.86 bits per heavy atom. The fourth-order valence-corrected chi connectivity index (χ4v) is 2.23. The van der Waals surface area contributed by atoms with E-state index in [0.29, 0.717) is 22.9 Å². The molecule has 0 aromatic heterocycles. The van der Waals surface area contributed by atoms with Crippen molar-refractivity contribution in [2.75, 3.05) is 5.32 Å². The number of anilines is 1. The minimum absolute atomic E-state index is 0.173. The first kappa shape index (κ1) is 16.4. The molecule has 1 amide bonds. The third-order valence-electron chi connectivity index (χ3n) is 3.49. The molecule has 2 rings (SSSR count). The highest BCUT2D eigenvalue weighted by molar-refractivity contribution is 6.31. The van der Waals surface area contributed by atoms with Gasteiger partial charge in [0.05, 0.1) is 0 Å². The Hall–Kier alpha value is -2.00. The zero-order valence-electron chi connectivity index (χ0n) is 13.0. The lowest BCUT2D eigenvalue weighted by molar-refractivity contribution is -0.122. The third-order valence-corrected chi connectivity index (χ3v) is 3.90. The molecule has 0 aliphatic carbocycles. The van der Waals surface area contributed by atoms with Crippen LogP contribution in [0.3, 0.4) is 0 Å². The highest BCUT2D eigenvalue weighted by Crippen LogP contribution is 2.23. The second kappa shape index (κ2) is 7.32. The monoisotopic (exact) mass is 317 g/mol. The minimum atomic E-state index is -0.541. The summed E-state index contributed by atoms with van der Waals surface area (Å²) in [6.45, 7) is 5.80. The average Bonchev–Trinajstić information content (AvgIpc) is 2.51. The molecule has 0 spiro atoms. The third kappa shape index (κ3) is 4.01. The summed E-state index contributed by atoms with van der Waals surface area (Å²) in [5.74, 6) is 0.517. The number of amides is 1. The lowest BCUT2D eigenvalue weighted by Crippen LogP contribution is -2.32. The number of ether oxygens (including phenoxy) is 1. The van der Waals surface area contributed by atoms with Crippen LogP contribution >= 0.6 is 11.6 Å². The number of nitrogens with one attached hydrogen (secondary N) is 1. The van der Waals surface area contributed by atoms with Crippen LogP contribution in [0.2, 0.25) is 5.02 Å². The van der Waals surface area contributed by atoms with E-state index in [4.69, 9.17) is 16.3 Å². The van der Waals surface area contributed by atoms with Crippen LogP contribution in [-0.4, -0.2) is 12.0 Å². The number of rotatable bonds is 5. The van der Waals surface area contributed by atoms with Crippen molar-refractivity contribution in [1.29, 1.82) is 0 Å². The van der Waals surface area contributed by atoms with Crippen LogP contribution in [0.5, 0.6) is 5.75 Å². The molecule has 0 fully saturated rings. The summed E-state index contributed by atoms with van der Waals surface area (Å²) in [6.07, 6.45) is 0.0420. The maximum Gasteiger partial charge on any atom is 0.265 e. The van der Waals surface area contributed by atoms with Gasteiger partial charge < -0.3 is 10.1 Å². The Morgan fingerprint density at radius 3 is 2.50 bits per heavy atom. The number of benzene rings is 2. The molecular formula is C18H20ClNO2. The Kier molecular flexibility index (Phi) is 5.45. The molecule has 0 saturated carbocycles. The molecule has 3 nitrogen and oxygen atoms in total. The van der Waals surface area contributed by atoms with Gasteiger partial charge in [0, 0.05) is 10.7 Å². The maximum atomic E-state index is 12.4. The lowest BCUT2D eigenvalue weighted by Gasteiger charge is -2.18. The Morgan fingerprint density at radius 1 is 1.18 bits per heavy atom. The zero-order chi connectivity index (χ0) is 16.1. The number of carbonyl (C=O) groups is 1. The topological polar surface area (TPSA) is 38.3 Å². The molecule has 0 saturated heterocycles. The smallest absolute Gasteiger partial charge is 0.265 e. The summed E-state index contributed by atoms with van der Waals surface area (Å²) in [5, 5.41) is 3.52. The molecule has 1 N–H and O–H groups in total. The van der Waals surface area contributed by atoms with Gasteiger partial charge in [0.25, 0.3) is 5.91 Å². The van der Waals surface area contributed by atoms with Crippen molar-refractivity contribution in [1.82, 2.24) is 0 Å². The highest BCUT2D eigenvalue weighted by atomic mass is 35.5. The molecule has 2 aromatic carbocycles. The molecule has 2 aromatic rings. The van der Waals surface area contributed by atoms with E-state index in [1.807, 2.05) is 57.2 Å². The van der Waals surface area contributed by atoms with E-state index in [1.165, 1.54) is 0 Å². The summed E-state index contributed by atoms with van der Waals surface area (Å²) < 4.78 is 5.78. The van der Waals surface area contributed by atoms with Gasteiger partial charge in [0.2, 0.25) is 0 Å². The van der Waals surface area contributed by atoms with Gasteiger partial charge in [-0.2, -0.15) is 0 Å². The van der Waals surface area contributed by atoms with Crippen molar-refractivity contribution < 1.29 is 9.53 Å². The zero-order valence-corrected chi connectivity index (χ0v) is 13.8. The summed E-state index contributed by atoms with van der Waals surface area (Å²) in [5.41, 5.74) is 2.71. The van der Waals surface area contributed by atoms with Gasteiger partial charge in [-0.1, -0.05) is 42.3 Å². The minimum Gasteiger partial charge on any atom is -0.481 e. The van der Waals surface area contributed by atoms with Crippen LogP contribution in [0.15, 0.2) is 42.5 Å². The number of aryl methyl sites for hydroxylation is 1. The number of carbonyl (C=O) groups excluding carboxylic acids is 1. The van der Waals surface area contributed by atoms with E-state index in [-0.39, 0.29) is 5.91 Å². The van der Waals surface area contributed by atoms with Crippen LogP contribution in [0, 0.1) is 13.8 Å². The molecular weight excluding hydrogens is 298 g/mol. The normalized spacial score (nSPS) is 11.8. The van der Waals surface area contributed by atoms with Crippen LogP contribution in [0.1, 0.15) is 24.5 Å². The molecule has 1 atom stereocenters. The second-order valence-electron chi connectivity index (χ2n) is 5.23. The van der Waals surface area contributed by atoms with Crippen molar-refractivity contribution in [3.8, 4) is 5.75 Å². The van der Waals surface area contributed by atoms with Gasteiger partial charge in [-0.25, -0.2) is 0 Å². The molecule has 0 aliphatic rings. The van der Waals surface area contributed by atoms with Gasteiger partial charge in [-0.15, -0.1) is 0 Å². The van der Waals surface area contributed by atoms with E-state index < -0.39 is 6.10 Å². The van der Waals surface area contributed by atoms with E-state index >= 15 is 0 Å². The molecule has 0 bridgehead atoms. The van der Waals surface area contributed by atoms with Gasteiger partial charge in [0.1, 0.15) is 5.75 Å². The maximum absolute atomic E-state index is 12.4. The first-order chi connectivity index (χ1) is 10.5. The lowest BCUT2D eigenvalue weighted by atomic mass is 10.2. The summed E-state index contributed by atoms with van der Waals surface area (Å²) in [4.78, 5) is 12.4. The van der Waals surface area contributed by atoms with Gasteiger partial charge >= 0.3 is 0 Å². The van der Waals surface area contributed by atoms with Crippen LogP contribution in [0.25, 0.3) is 0 Å². The van der Waals surface area contributed by atoms with E-state index in [1.54, 1.807) is 6.07 Å². The fraction of sp³-hybridized carbons (Fsp3) is 0.278. The van der Waals surface area contributed by atoms with Crippen molar-refractivity contribution in [3.63, 3.8) is 0 Å². The molecule has 22 heavy (non-hydrogen) atoms. The van der Waals surface area contributed by atoms with E-state index in [0.717, 1.165) is 11.1 Å². The SMILES string of the molecule is CC[C@@H](Oc1ccc(C)cc1)C(=O)Nc1cccc(Cl)c1C. The number of hydrogen-bond donors (Lipinski definition) is 1. The van der Waals surface area contributed by atoms with Crippen molar-refractivity contribution in [2.45, 2.75) is 33.3 Å². The van der Waals surface area contributed by atoms with Crippen LogP contribution in [0.4, 0.5) is 5.69 Å². The largest absolute Gasteiger partial charge is 0.481 e. The molecule has 0 radical (unpaired) electrons. The Balaban J connectivity index is 2.08. The van der Waals surface area contributed by atoms with E-state index in [9.17, 15) is 4.79 Å². The molecule has 0 unspecified atom stereocenters. The molecule has 4 heteroatoms. The molecule has 116 valence electrons. The first-order valence-corrected chi connectivity index (χ1v) is 7.68. The van der Waals surface area contributed by atoms with Gasteiger partial charge in [-0.3, -0.25) is 4.79 Å². The van der Waals surface area contributed by atoms with Crippen LogP contribution in [-0.2, 0) is 4.79 Å². The highest BCUT2D eigenvalue weighted by Gasteiger charge is 2.19. The van der Waals surface area contributed by atoms with Gasteiger partial charge in [-0.05, 0) is 50.1 Å².